The van der Waals surface area contributed by atoms with Crippen molar-refractivity contribution in [1.82, 2.24) is 9.88 Å². The van der Waals surface area contributed by atoms with Crippen LogP contribution in [0.3, 0.4) is 0 Å². The number of benzene rings is 1. The molecule has 2 aromatic rings. The Hall–Kier alpha value is -0.650. The van der Waals surface area contributed by atoms with E-state index in [1.54, 1.807) is 11.3 Å². The summed E-state index contributed by atoms with van der Waals surface area (Å²) in [6.07, 6.45) is 5.24. The molecule has 20 heavy (non-hydrogen) atoms. The number of halogens is 1. The molecule has 1 saturated carbocycles. The summed E-state index contributed by atoms with van der Waals surface area (Å²) >= 11 is 5.24. The highest BCUT2D eigenvalue weighted by Crippen LogP contribution is 2.35. The Kier molecular flexibility index (Phi) is 4.02. The van der Waals surface area contributed by atoms with Crippen molar-refractivity contribution in [2.45, 2.75) is 31.2 Å². The lowest BCUT2D eigenvalue weighted by Gasteiger charge is -2.36. The van der Waals surface area contributed by atoms with Crippen molar-refractivity contribution in [3.8, 4) is 0 Å². The first-order valence-corrected chi connectivity index (χ1v) is 8.67. The van der Waals surface area contributed by atoms with Gasteiger partial charge in [-0.2, -0.15) is 0 Å². The lowest BCUT2D eigenvalue weighted by Crippen LogP contribution is -2.47. The van der Waals surface area contributed by atoms with Crippen molar-refractivity contribution < 1.29 is 0 Å². The molecule has 1 aliphatic rings. The number of hydrogen-bond acceptors (Lipinski definition) is 4. The highest BCUT2D eigenvalue weighted by molar-refractivity contribution is 9.10. The van der Waals surface area contributed by atoms with Crippen molar-refractivity contribution in [2.24, 2.45) is 0 Å². The monoisotopic (exact) mass is 353 g/mol. The predicted molar refractivity (Wildman–Crippen MR) is 90.7 cm³/mol. The van der Waals surface area contributed by atoms with Gasteiger partial charge in [0.05, 0.1) is 10.2 Å². The van der Waals surface area contributed by atoms with Crippen LogP contribution in [-0.2, 0) is 0 Å². The molecule has 0 spiro atoms. The SMILES string of the molecule is CN(C)C1(CNc2nc3cc(Br)ccc3s2)CCCC1. The Balaban J connectivity index is 1.76. The van der Waals surface area contributed by atoms with Crippen LogP contribution in [0.25, 0.3) is 10.2 Å². The summed E-state index contributed by atoms with van der Waals surface area (Å²) in [5.74, 6) is 0. The molecule has 108 valence electrons. The molecular weight excluding hydrogens is 334 g/mol. The molecule has 0 saturated heterocycles. The molecule has 1 aromatic heterocycles. The topological polar surface area (TPSA) is 28.2 Å². The molecule has 0 amide bonds. The Morgan fingerprint density at radius 3 is 2.80 bits per heavy atom. The quantitative estimate of drug-likeness (QED) is 0.885. The highest BCUT2D eigenvalue weighted by atomic mass is 79.9. The fraction of sp³-hybridized carbons (Fsp3) is 0.533. The van der Waals surface area contributed by atoms with Crippen molar-refractivity contribution in [1.29, 1.82) is 0 Å². The first-order valence-electron chi connectivity index (χ1n) is 7.06. The molecular formula is C15H20BrN3S. The maximum Gasteiger partial charge on any atom is 0.183 e. The van der Waals surface area contributed by atoms with Gasteiger partial charge in [0, 0.05) is 16.6 Å². The minimum Gasteiger partial charge on any atom is -0.360 e. The minimum absolute atomic E-state index is 0.304. The molecule has 3 rings (SSSR count). The average molecular weight is 354 g/mol. The molecule has 3 nitrogen and oxygen atoms in total. The minimum atomic E-state index is 0.304. The zero-order chi connectivity index (χ0) is 14.2. The van der Waals surface area contributed by atoms with Gasteiger partial charge in [-0.3, -0.25) is 0 Å². The van der Waals surface area contributed by atoms with Crippen molar-refractivity contribution in [2.75, 3.05) is 26.0 Å². The van der Waals surface area contributed by atoms with Gasteiger partial charge in [-0.1, -0.05) is 40.1 Å². The van der Waals surface area contributed by atoms with E-state index in [0.29, 0.717) is 5.54 Å². The second-order valence-corrected chi connectivity index (χ2v) is 7.76. The summed E-state index contributed by atoms with van der Waals surface area (Å²) in [5.41, 5.74) is 1.37. The number of thiazole rings is 1. The molecule has 1 fully saturated rings. The number of anilines is 1. The average Bonchev–Trinajstić information content (AvgIpc) is 3.02. The van der Waals surface area contributed by atoms with Gasteiger partial charge in [0.1, 0.15) is 0 Å². The van der Waals surface area contributed by atoms with E-state index in [1.165, 1.54) is 30.4 Å². The Morgan fingerprint density at radius 2 is 2.10 bits per heavy atom. The van der Waals surface area contributed by atoms with Crippen molar-refractivity contribution in [3.05, 3.63) is 22.7 Å². The maximum absolute atomic E-state index is 4.68. The second kappa shape index (κ2) is 5.62. The molecule has 0 bridgehead atoms. The third-order valence-electron chi connectivity index (χ3n) is 4.40. The number of fused-ring (bicyclic) bond motifs is 1. The maximum atomic E-state index is 4.68. The number of nitrogens with zero attached hydrogens (tertiary/aromatic N) is 2. The molecule has 0 radical (unpaired) electrons. The molecule has 1 aromatic carbocycles. The summed E-state index contributed by atoms with van der Waals surface area (Å²) in [4.78, 5) is 7.07. The van der Waals surface area contributed by atoms with E-state index >= 15 is 0 Å². The van der Waals surface area contributed by atoms with Gasteiger partial charge in [0.25, 0.3) is 0 Å². The first kappa shape index (κ1) is 14.3. The number of nitrogens with one attached hydrogen (secondary N) is 1. The van der Waals surface area contributed by atoms with Crippen LogP contribution in [0.2, 0.25) is 0 Å². The summed E-state index contributed by atoms with van der Waals surface area (Å²) in [6, 6.07) is 6.27. The van der Waals surface area contributed by atoms with E-state index in [0.717, 1.165) is 21.7 Å². The van der Waals surface area contributed by atoms with E-state index in [9.17, 15) is 0 Å². The van der Waals surface area contributed by atoms with Crippen LogP contribution in [0, 0.1) is 0 Å². The Bertz CT molecular complexity index is 602. The molecule has 0 atom stereocenters. The van der Waals surface area contributed by atoms with E-state index in [4.69, 9.17) is 0 Å². The summed E-state index contributed by atoms with van der Waals surface area (Å²) in [7, 11) is 4.39. The van der Waals surface area contributed by atoms with Crippen LogP contribution in [0.4, 0.5) is 5.13 Å². The Morgan fingerprint density at radius 1 is 1.35 bits per heavy atom. The van der Waals surface area contributed by atoms with Crippen LogP contribution in [-0.4, -0.2) is 36.1 Å². The van der Waals surface area contributed by atoms with Crippen LogP contribution in [0.15, 0.2) is 22.7 Å². The fourth-order valence-corrected chi connectivity index (χ4v) is 4.22. The standard InChI is InChI=1S/C15H20BrN3S/c1-19(2)15(7-3-4-8-15)10-17-14-18-12-9-11(16)5-6-13(12)20-14/h5-6,9H,3-4,7-8,10H2,1-2H3,(H,17,18). The van der Waals surface area contributed by atoms with Crippen LogP contribution in [0.1, 0.15) is 25.7 Å². The van der Waals surface area contributed by atoms with E-state index < -0.39 is 0 Å². The molecule has 1 aliphatic carbocycles. The Labute approximate surface area is 132 Å². The third-order valence-corrected chi connectivity index (χ3v) is 5.89. The van der Waals surface area contributed by atoms with E-state index in [1.807, 2.05) is 0 Å². The van der Waals surface area contributed by atoms with Gasteiger partial charge in [-0.05, 0) is 45.1 Å². The predicted octanol–water partition coefficient (Wildman–Crippen LogP) is 4.35. The number of aromatic nitrogens is 1. The smallest absolute Gasteiger partial charge is 0.183 e. The number of hydrogen-bond donors (Lipinski definition) is 1. The fourth-order valence-electron chi connectivity index (χ4n) is 3.03. The first-order chi connectivity index (χ1) is 9.59. The number of rotatable bonds is 4. The summed E-state index contributed by atoms with van der Waals surface area (Å²) < 4.78 is 2.32. The molecule has 0 aliphatic heterocycles. The zero-order valence-electron chi connectivity index (χ0n) is 11.9. The molecule has 1 heterocycles. The number of likely N-dealkylation sites (N-methyl/N-ethyl adjacent to an activating group) is 1. The van der Waals surface area contributed by atoms with Crippen molar-refractivity contribution in [3.63, 3.8) is 0 Å². The van der Waals surface area contributed by atoms with Gasteiger partial charge in [0.2, 0.25) is 0 Å². The van der Waals surface area contributed by atoms with Crippen molar-refractivity contribution >= 4 is 42.6 Å². The van der Waals surface area contributed by atoms with Crippen LogP contribution in [0.5, 0.6) is 0 Å². The van der Waals surface area contributed by atoms with Gasteiger partial charge < -0.3 is 10.2 Å². The molecule has 5 heteroatoms. The van der Waals surface area contributed by atoms with E-state index in [2.05, 4.69) is 63.4 Å². The van der Waals surface area contributed by atoms with Gasteiger partial charge in [-0.15, -0.1) is 0 Å². The highest BCUT2D eigenvalue weighted by Gasteiger charge is 2.35. The largest absolute Gasteiger partial charge is 0.360 e. The normalized spacial score (nSPS) is 18.0. The van der Waals surface area contributed by atoms with Gasteiger partial charge in [0.15, 0.2) is 5.13 Å². The summed E-state index contributed by atoms with van der Waals surface area (Å²) in [5, 5.41) is 4.60. The zero-order valence-corrected chi connectivity index (χ0v) is 14.4. The van der Waals surface area contributed by atoms with E-state index in [-0.39, 0.29) is 0 Å². The molecule has 1 N–H and O–H groups in total. The lowest BCUT2D eigenvalue weighted by molar-refractivity contribution is 0.172. The second-order valence-electron chi connectivity index (χ2n) is 5.81. The lowest BCUT2D eigenvalue weighted by atomic mass is 9.96. The van der Waals surface area contributed by atoms with Crippen LogP contribution >= 0.6 is 27.3 Å². The molecule has 0 unspecified atom stereocenters. The summed E-state index contributed by atoms with van der Waals surface area (Å²) in [6.45, 7) is 0.987. The van der Waals surface area contributed by atoms with Gasteiger partial charge >= 0.3 is 0 Å². The van der Waals surface area contributed by atoms with Gasteiger partial charge in [-0.25, -0.2) is 4.98 Å². The third kappa shape index (κ3) is 2.71. The van der Waals surface area contributed by atoms with Crippen LogP contribution < -0.4 is 5.32 Å².